The first kappa shape index (κ1) is 19.9. The van der Waals surface area contributed by atoms with Crippen molar-refractivity contribution in [2.45, 2.75) is 6.18 Å². The minimum atomic E-state index is -4.58. The van der Waals surface area contributed by atoms with Crippen LogP contribution in [0.2, 0.25) is 0 Å². The van der Waals surface area contributed by atoms with Gasteiger partial charge in [0.15, 0.2) is 0 Å². The summed E-state index contributed by atoms with van der Waals surface area (Å²) in [5.74, 6) is -0.756. The van der Waals surface area contributed by atoms with Crippen LogP contribution in [0, 0.1) is 0 Å². The number of alkyl halides is 3. The predicted octanol–water partition coefficient (Wildman–Crippen LogP) is 3.97. The Morgan fingerprint density at radius 3 is 2.28 bits per heavy atom. The van der Waals surface area contributed by atoms with E-state index in [1.165, 1.54) is 18.3 Å². The number of pyridine rings is 1. The van der Waals surface area contributed by atoms with Crippen molar-refractivity contribution in [3.05, 3.63) is 89.7 Å². The first-order valence-corrected chi connectivity index (χ1v) is 8.30. The molecule has 0 aliphatic heterocycles. The Balaban J connectivity index is 1.64. The van der Waals surface area contributed by atoms with Gasteiger partial charge in [0.2, 0.25) is 0 Å². The number of carbonyl (C=O) groups is 2. The fraction of sp³-hybridized carbons (Fsp3) is 0.0500. The molecule has 1 heterocycles. The van der Waals surface area contributed by atoms with Crippen LogP contribution in [-0.4, -0.2) is 16.8 Å². The Hall–Kier alpha value is -3.88. The third kappa shape index (κ3) is 5.32. The lowest BCUT2D eigenvalue weighted by atomic mass is 10.1. The molecule has 0 radical (unpaired) electrons. The number of hydrazine groups is 1. The molecule has 2 aromatic carbocycles. The standard InChI is InChI=1S/C20H14F3N3O3/c21-20(22,23)14-6-4-5-13(11-14)18(27)25-26-19(28)17-12-16(9-10-24-17)29-15-7-2-1-3-8-15/h1-12H,(H,25,27)(H,26,28). The van der Waals surface area contributed by atoms with Crippen molar-refractivity contribution in [2.24, 2.45) is 0 Å². The summed E-state index contributed by atoms with van der Waals surface area (Å²) in [5, 5.41) is 0. The van der Waals surface area contributed by atoms with Gasteiger partial charge in [-0.3, -0.25) is 25.4 Å². The smallest absolute Gasteiger partial charge is 0.416 e. The SMILES string of the molecule is O=C(NNC(=O)c1cc(Oc2ccccc2)ccn1)c1cccc(C(F)(F)F)c1. The highest BCUT2D eigenvalue weighted by Crippen LogP contribution is 2.29. The minimum absolute atomic E-state index is 0.0530. The minimum Gasteiger partial charge on any atom is -0.457 e. The number of para-hydroxylation sites is 1. The van der Waals surface area contributed by atoms with Crippen LogP contribution in [-0.2, 0) is 6.18 Å². The van der Waals surface area contributed by atoms with E-state index in [2.05, 4.69) is 15.8 Å². The molecule has 0 unspecified atom stereocenters. The van der Waals surface area contributed by atoms with Gasteiger partial charge in [-0.2, -0.15) is 13.2 Å². The molecule has 0 saturated carbocycles. The maximum Gasteiger partial charge on any atom is 0.416 e. The van der Waals surface area contributed by atoms with Crippen molar-refractivity contribution < 1.29 is 27.5 Å². The molecule has 0 bridgehead atoms. The molecule has 2 amide bonds. The molecule has 0 aliphatic rings. The van der Waals surface area contributed by atoms with Crippen molar-refractivity contribution in [3.63, 3.8) is 0 Å². The predicted molar refractivity (Wildman–Crippen MR) is 97.1 cm³/mol. The zero-order valence-electron chi connectivity index (χ0n) is 14.7. The summed E-state index contributed by atoms with van der Waals surface area (Å²) in [6, 6.07) is 15.6. The summed E-state index contributed by atoms with van der Waals surface area (Å²) in [6.07, 6.45) is -3.23. The summed E-state index contributed by atoms with van der Waals surface area (Å²) in [7, 11) is 0. The summed E-state index contributed by atoms with van der Waals surface area (Å²) in [4.78, 5) is 28.1. The molecule has 0 fully saturated rings. The number of hydrogen-bond donors (Lipinski definition) is 2. The molecule has 9 heteroatoms. The molecule has 3 aromatic rings. The van der Waals surface area contributed by atoms with Crippen molar-refractivity contribution in [1.82, 2.24) is 15.8 Å². The number of rotatable bonds is 4. The molecule has 148 valence electrons. The lowest BCUT2D eigenvalue weighted by molar-refractivity contribution is -0.137. The molecular weight excluding hydrogens is 387 g/mol. The van der Waals surface area contributed by atoms with Crippen LogP contribution < -0.4 is 15.6 Å². The van der Waals surface area contributed by atoms with E-state index in [-0.39, 0.29) is 11.3 Å². The molecule has 0 atom stereocenters. The average Bonchev–Trinajstić information content (AvgIpc) is 2.72. The molecule has 1 aromatic heterocycles. The van der Waals surface area contributed by atoms with Gasteiger partial charge in [-0.05, 0) is 36.4 Å². The van der Waals surface area contributed by atoms with E-state index in [1.807, 2.05) is 6.07 Å². The molecule has 0 saturated heterocycles. The Morgan fingerprint density at radius 2 is 1.55 bits per heavy atom. The Morgan fingerprint density at radius 1 is 0.828 bits per heavy atom. The van der Waals surface area contributed by atoms with Crippen LogP contribution in [0.5, 0.6) is 11.5 Å². The highest BCUT2D eigenvalue weighted by Gasteiger charge is 2.30. The largest absolute Gasteiger partial charge is 0.457 e. The van der Waals surface area contributed by atoms with Gasteiger partial charge in [0.05, 0.1) is 5.56 Å². The normalized spacial score (nSPS) is 10.9. The third-order valence-electron chi connectivity index (χ3n) is 3.68. The van der Waals surface area contributed by atoms with Crippen LogP contribution in [0.15, 0.2) is 72.9 Å². The van der Waals surface area contributed by atoms with E-state index < -0.39 is 23.6 Å². The highest BCUT2D eigenvalue weighted by molar-refractivity contribution is 5.98. The zero-order chi connectivity index (χ0) is 20.9. The van der Waals surface area contributed by atoms with Crippen molar-refractivity contribution in [3.8, 4) is 11.5 Å². The summed E-state index contributed by atoms with van der Waals surface area (Å²) in [6.45, 7) is 0. The van der Waals surface area contributed by atoms with Crippen molar-refractivity contribution in [1.29, 1.82) is 0 Å². The second-order valence-corrected chi connectivity index (χ2v) is 5.78. The number of aromatic nitrogens is 1. The van der Waals surface area contributed by atoms with E-state index >= 15 is 0 Å². The topological polar surface area (TPSA) is 80.3 Å². The van der Waals surface area contributed by atoms with E-state index in [0.29, 0.717) is 17.6 Å². The molecule has 6 nitrogen and oxygen atoms in total. The average molecular weight is 401 g/mol. The lowest BCUT2D eigenvalue weighted by Crippen LogP contribution is -2.42. The zero-order valence-corrected chi connectivity index (χ0v) is 14.7. The van der Waals surface area contributed by atoms with Crippen molar-refractivity contribution >= 4 is 11.8 Å². The first-order chi connectivity index (χ1) is 13.8. The molecular formula is C20H14F3N3O3. The van der Waals surface area contributed by atoms with Gasteiger partial charge >= 0.3 is 6.18 Å². The van der Waals surface area contributed by atoms with Gasteiger partial charge in [-0.25, -0.2) is 0 Å². The number of carbonyl (C=O) groups excluding carboxylic acids is 2. The Labute approximate surface area is 163 Å². The summed E-state index contributed by atoms with van der Waals surface area (Å²) < 4.78 is 43.8. The Bertz CT molecular complexity index is 1020. The van der Waals surface area contributed by atoms with E-state index in [9.17, 15) is 22.8 Å². The lowest BCUT2D eigenvalue weighted by Gasteiger charge is -2.10. The van der Waals surface area contributed by atoms with Crippen LogP contribution in [0.25, 0.3) is 0 Å². The number of amides is 2. The van der Waals surface area contributed by atoms with E-state index in [0.717, 1.165) is 12.1 Å². The number of benzene rings is 2. The second kappa shape index (κ2) is 8.42. The summed E-state index contributed by atoms with van der Waals surface area (Å²) in [5.41, 5.74) is 2.89. The molecule has 29 heavy (non-hydrogen) atoms. The van der Waals surface area contributed by atoms with Crippen LogP contribution in [0.1, 0.15) is 26.4 Å². The maximum absolute atomic E-state index is 12.7. The van der Waals surface area contributed by atoms with Gasteiger partial charge in [0.1, 0.15) is 17.2 Å². The molecule has 3 rings (SSSR count). The van der Waals surface area contributed by atoms with E-state index in [1.54, 1.807) is 30.3 Å². The van der Waals surface area contributed by atoms with Crippen LogP contribution >= 0.6 is 0 Å². The fourth-order valence-corrected chi connectivity index (χ4v) is 2.31. The molecule has 2 N–H and O–H groups in total. The van der Waals surface area contributed by atoms with Crippen molar-refractivity contribution in [2.75, 3.05) is 0 Å². The molecule has 0 aliphatic carbocycles. The number of nitrogens with zero attached hydrogens (tertiary/aromatic N) is 1. The summed E-state index contributed by atoms with van der Waals surface area (Å²) >= 11 is 0. The van der Waals surface area contributed by atoms with Crippen LogP contribution in [0.3, 0.4) is 0 Å². The monoisotopic (exact) mass is 401 g/mol. The second-order valence-electron chi connectivity index (χ2n) is 5.78. The van der Waals surface area contributed by atoms with Gasteiger partial charge in [-0.15, -0.1) is 0 Å². The van der Waals surface area contributed by atoms with Gasteiger partial charge in [0.25, 0.3) is 11.8 Å². The maximum atomic E-state index is 12.7. The number of halogens is 3. The van der Waals surface area contributed by atoms with Gasteiger partial charge < -0.3 is 4.74 Å². The first-order valence-electron chi connectivity index (χ1n) is 8.30. The quantitative estimate of drug-likeness (QED) is 0.649. The molecule has 0 spiro atoms. The fourth-order valence-electron chi connectivity index (χ4n) is 2.31. The van der Waals surface area contributed by atoms with E-state index in [4.69, 9.17) is 4.74 Å². The Kier molecular flexibility index (Phi) is 5.77. The number of ether oxygens (including phenoxy) is 1. The highest BCUT2D eigenvalue weighted by atomic mass is 19.4. The van der Waals surface area contributed by atoms with Crippen LogP contribution in [0.4, 0.5) is 13.2 Å². The third-order valence-corrected chi connectivity index (χ3v) is 3.68. The van der Waals surface area contributed by atoms with Gasteiger partial charge in [-0.1, -0.05) is 24.3 Å². The number of nitrogens with one attached hydrogen (secondary N) is 2. The van der Waals surface area contributed by atoms with Gasteiger partial charge in [0, 0.05) is 17.8 Å². The number of hydrogen-bond acceptors (Lipinski definition) is 4.